The van der Waals surface area contributed by atoms with Crippen molar-refractivity contribution in [3.63, 3.8) is 0 Å². The second kappa shape index (κ2) is 5.27. The van der Waals surface area contributed by atoms with E-state index < -0.39 is 0 Å². The number of ether oxygens (including phenoxy) is 1. The first-order chi connectivity index (χ1) is 7.77. The predicted molar refractivity (Wildman–Crippen MR) is 61.9 cm³/mol. The maximum atomic E-state index is 10.1. The molecular weight excluding hydrogens is 204 g/mol. The van der Waals surface area contributed by atoms with E-state index in [0.717, 1.165) is 25.0 Å². The minimum atomic E-state index is -0.383. The molecule has 0 bridgehead atoms. The minimum absolute atomic E-state index is 0.230. The van der Waals surface area contributed by atoms with Crippen molar-refractivity contribution in [2.45, 2.75) is 25.4 Å². The summed E-state index contributed by atoms with van der Waals surface area (Å²) in [7, 11) is 0. The van der Waals surface area contributed by atoms with Crippen LogP contribution in [-0.2, 0) is 11.2 Å². The number of nitrogens with two attached hydrogens (primary N) is 1. The van der Waals surface area contributed by atoms with E-state index in [1.807, 2.05) is 0 Å². The Morgan fingerprint density at radius 1 is 1.62 bits per heavy atom. The number of hydrogen-bond donors (Lipinski definition) is 2. The van der Waals surface area contributed by atoms with Crippen LogP contribution >= 0.6 is 0 Å². The van der Waals surface area contributed by atoms with Gasteiger partial charge in [-0.15, -0.1) is 0 Å². The zero-order chi connectivity index (χ0) is 11.4. The summed E-state index contributed by atoms with van der Waals surface area (Å²) >= 11 is 0. The molecule has 0 amide bonds. The van der Waals surface area contributed by atoms with Gasteiger partial charge < -0.3 is 15.6 Å². The van der Waals surface area contributed by atoms with Gasteiger partial charge in [-0.1, -0.05) is 0 Å². The lowest BCUT2D eigenvalue weighted by atomic mass is 9.91. The molecule has 0 aliphatic carbocycles. The summed E-state index contributed by atoms with van der Waals surface area (Å²) in [6, 6.07) is 1.76. The number of aliphatic hydroxyl groups is 1. The number of hydrogen-bond acceptors (Lipinski definition) is 4. The second-order valence-corrected chi connectivity index (χ2v) is 4.32. The highest BCUT2D eigenvalue weighted by molar-refractivity contribution is 5.44. The summed E-state index contributed by atoms with van der Waals surface area (Å²) in [4.78, 5) is 4.02. The van der Waals surface area contributed by atoms with Crippen molar-refractivity contribution in [2.24, 2.45) is 5.92 Å². The average molecular weight is 222 g/mol. The van der Waals surface area contributed by atoms with Crippen molar-refractivity contribution in [3.05, 3.63) is 24.0 Å². The van der Waals surface area contributed by atoms with E-state index in [9.17, 15) is 5.11 Å². The first-order valence-electron chi connectivity index (χ1n) is 5.71. The molecule has 4 heteroatoms. The smallest absolute Gasteiger partial charge is 0.0632 e. The van der Waals surface area contributed by atoms with E-state index in [4.69, 9.17) is 10.5 Å². The first-order valence-corrected chi connectivity index (χ1v) is 5.71. The summed E-state index contributed by atoms with van der Waals surface area (Å²) < 4.78 is 5.36. The third-order valence-electron chi connectivity index (χ3n) is 3.11. The van der Waals surface area contributed by atoms with Crippen LogP contribution in [0.5, 0.6) is 0 Å². The SMILES string of the molecule is Nc1ccncc1CC(O)C1CCCOC1. The van der Waals surface area contributed by atoms with Crippen LogP contribution in [0.3, 0.4) is 0 Å². The van der Waals surface area contributed by atoms with E-state index in [1.54, 1.807) is 18.5 Å². The van der Waals surface area contributed by atoms with E-state index in [2.05, 4.69) is 4.98 Å². The fourth-order valence-corrected chi connectivity index (χ4v) is 2.07. The molecule has 2 rings (SSSR count). The number of aromatic nitrogens is 1. The van der Waals surface area contributed by atoms with E-state index >= 15 is 0 Å². The maximum absolute atomic E-state index is 10.1. The molecule has 2 atom stereocenters. The number of rotatable bonds is 3. The number of anilines is 1. The minimum Gasteiger partial charge on any atom is -0.398 e. The third-order valence-corrected chi connectivity index (χ3v) is 3.11. The lowest BCUT2D eigenvalue weighted by Gasteiger charge is -2.26. The van der Waals surface area contributed by atoms with Crippen molar-refractivity contribution >= 4 is 5.69 Å². The normalized spacial score (nSPS) is 22.9. The van der Waals surface area contributed by atoms with Gasteiger partial charge in [-0.3, -0.25) is 4.98 Å². The van der Waals surface area contributed by atoms with Crippen LogP contribution in [0.4, 0.5) is 5.69 Å². The molecule has 2 heterocycles. The lowest BCUT2D eigenvalue weighted by Crippen LogP contribution is -2.30. The quantitative estimate of drug-likeness (QED) is 0.800. The van der Waals surface area contributed by atoms with Crippen LogP contribution in [-0.4, -0.2) is 29.4 Å². The number of nitrogen functional groups attached to an aromatic ring is 1. The summed E-state index contributed by atoms with van der Waals surface area (Å²) in [6.45, 7) is 1.47. The Balaban J connectivity index is 1.96. The summed E-state index contributed by atoms with van der Waals surface area (Å²) in [5.41, 5.74) is 7.43. The van der Waals surface area contributed by atoms with Crippen LogP contribution < -0.4 is 5.73 Å². The molecule has 1 aromatic rings. The summed E-state index contributed by atoms with van der Waals surface area (Å²) in [5.74, 6) is 0.230. The van der Waals surface area contributed by atoms with E-state index in [-0.39, 0.29) is 12.0 Å². The molecule has 0 aromatic carbocycles. The Morgan fingerprint density at radius 3 is 3.19 bits per heavy atom. The molecule has 2 unspecified atom stereocenters. The topological polar surface area (TPSA) is 68.4 Å². The molecule has 0 radical (unpaired) electrons. The van der Waals surface area contributed by atoms with Crippen LogP contribution in [0, 0.1) is 5.92 Å². The van der Waals surface area contributed by atoms with Gasteiger partial charge in [0.25, 0.3) is 0 Å². The molecule has 16 heavy (non-hydrogen) atoms. The van der Waals surface area contributed by atoms with Crippen molar-refractivity contribution in [1.82, 2.24) is 4.98 Å². The molecule has 0 saturated carbocycles. The molecule has 1 saturated heterocycles. The monoisotopic (exact) mass is 222 g/mol. The highest BCUT2D eigenvalue weighted by atomic mass is 16.5. The first kappa shape index (κ1) is 11.4. The molecule has 1 fully saturated rings. The molecule has 1 aromatic heterocycles. The predicted octanol–water partition coefficient (Wildman–Crippen LogP) is 0.994. The number of pyridine rings is 1. The highest BCUT2D eigenvalue weighted by Crippen LogP contribution is 2.21. The zero-order valence-corrected chi connectivity index (χ0v) is 9.30. The Labute approximate surface area is 95.4 Å². The van der Waals surface area contributed by atoms with Crippen molar-refractivity contribution in [1.29, 1.82) is 0 Å². The van der Waals surface area contributed by atoms with Gasteiger partial charge in [0.05, 0.1) is 12.7 Å². The van der Waals surface area contributed by atoms with Gasteiger partial charge >= 0.3 is 0 Å². The van der Waals surface area contributed by atoms with Crippen LogP contribution in [0.25, 0.3) is 0 Å². The van der Waals surface area contributed by atoms with Crippen LogP contribution in [0.15, 0.2) is 18.5 Å². The molecule has 1 aliphatic heterocycles. The van der Waals surface area contributed by atoms with Crippen LogP contribution in [0.2, 0.25) is 0 Å². The largest absolute Gasteiger partial charge is 0.398 e. The Bertz CT molecular complexity index is 338. The van der Waals surface area contributed by atoms with Gasteiger partial charge in [-0.2, -0.15) is 0 Å². The van der Waals surface area contributed by atoms with Crippen molar-refractivity contribution in [3.8, 4) is 0 Å². The fourth-order valence-electron chi connectivity index (χ4n) is 2.07. The lowest BCUT2D eigenvalue weighted by molar-refractivity contribution is -0.00844. The van der Waals surface area contributed by atoms with Gasteiger partial charge in [0.2, 0.25) is 0 Å². The molecule has 0 spiro atoms. The standard InChI is InChI=1S/C12H18N2O2/c13-11-3-4-14-7-10(11)6-12(15)9-2-1-5-16-8-9/h3-4,7,9,12,15H,1-2,5-6,8H2,(H2,13,14). The molecule has 3 N–H and O–H groups in total. The highest BCUT2D eigenvalue weighted by Gasteiger charge is 2.22. The van der Waals surface area contributed by atoms with Crippen molar-refractivity contribution < 1.29 is 9.84 Å². The Morgan fingerprint density at radius 2 is 2.50 bits per heavy atom. The average Bonchev–Trinajstić information content (AvgIpc) is 2.33. The molecular formula is C12H18N2O2. The van der Waals surface area contributed by atoms with Gasteiger partial charge in [0.1, 0.15) is 0 Å². The van der Waals surface area contributed by atoms with E-state index in [0.29, 0.717) is 18.7 Å². The zero-order valence-electron chi connectivity index (χ0n) is 9.30. The van der Waals surface area contributed by atoms with Gasteiger partial charge in [0.15, 0.2) is 0 Å². The van der Waals surface area contributed by atoms with Crippen molar-refractivity contribution in [2.75, 3.05) is 18.9 Å². The summed E-state index contributed by atoms with van der Waals surface area (Å²) in [5, 5.41) is 10.1. The molecule has 1 aliphatic rings. The number of nitrogens with zero attached hydrogens (tertiary/aromatic N) is 1. The Kier molecular flexibility index (Phi) is 3.74. The maximum Gasteiger partial charge on any atom is 0.0632 e. The fraction of sp³-hybridized carbons (Fsp3) is 0.583. The van der Waals surface area contributed by atoms with Gasteiger partial charge in [-0.25, -0.2) is 0 Å². The molecule has 4 nitrogen and oxygen atoms in total. The number of aliphatic hydroxyl groups excluding tert-OH is 1. The molecule has 88 valence electrons. The van der Waals surface area contributed by atoms with E-state index in [1.165, 1.54) is 0 Å². The van der Waals surface area contributed by atoms with Gasteiger partial charge in [-0.05, 0) is 24.5 Å². The summed E-state index contributed by atoms with van der Waals surface area (Å²) in [6.07, 6.45) is 5.63. The van der Waals surface area contributed by atoms with Crippen LogP contribution in [0.1, 0.15) is 18.4 Å². The van der Waals surface area contributed by atoms with Gasteiger partial charge in [0, 0.05) is 37.0 Å². The Hall–Kier alpha value is -1.13. The third kappa shape index (κ3) is 2.71. The second-order valence-electron chi connectivity index (χ2n) is 4.32.